The summed E-state index contributed by atoms with van der Waals surface area (Å²) >= 11 is 0. The molecule has 0 aromatic heterocycles. The van der Waals surface area contributed by atoms with Crippen molar-refractivity contribution in [2.75, 3.05) is 26.2 Å². The third-order valence-corrected chi connectivity index (χ3v) is 5.41. The molecule has 0 unspecified atom stereocenters. The van der Waals surface area contributed by atoms with Crippen LogP contribution in [0, 0.1) is 5.41 Å². The van der Waals surface area contributed by atoms with E-state index in [2.05, 4.69) is 11.8 Å². The second-order valence-corrected chi connectivity index (χ2v) is 6.42. The normalized spacial score (nSPS) is 28.2. The number of hydrogen-bond acceptors (Lipinski definition) is 3. The molecule has 0 aromatic rings. The van der Waals surface area contributed by atoms with Crippen LogP contribution in [0.1, 0.15) is 58.3 Å². The van der Waals surface area contributed by atoms with Gasteiger partial charge in [0.25, 0.3) is 0 Å². The second kappa shape index (κ2) is 5.89. The first-order chi connectivity index (χ1) is 8.66. The Kier molecular flexibility index (Phi) is 4.68. The van der Waals surface area contributed by atoms with Crippen LogP contribution < -0.4 is 5.73 Å². The standard InChI is InChI=1S/C15H30N2O/c1-2-10-17-11-8-15(18,9-12-17)14(13-16)6-4-3-5-7-14/h18H,2-13,16H2,1H3. The van der Waals surface area contributed by atoms with E-state index in [4.69, 9.17) is 5.73 Å². The zero-order valence-corrected chi connectivity index (χ0v) is 12.0. The monoisotopic (exact) mass is 254 g/mol. The van der Waals surface area contributed by atoms with Crippen LogP contribution in [-0.2, 0) is 0 Å². The minimum Gasteiger partial charge on any atom is -0.389 e. The van der Waals surface area contributed by atoms with Crippen molar-refractivity contribution in [1.82, 2.24) is 4.90 Å². The number of rotatable bonds is 4. The van der Waals surface area contributed by atoms with E-state index < -0.39 is 5.60 Å². The van der Waals surface area contributed by atoms with Gasteiger partial charge in [-0.1, -0.05) is 26.2 Å². The molecule has 1 saturated carbocycles. The molecule has 1 aliphatic carbocycles. The molecule has 0 bridgehead atoms. The molecule has 0 amide bonds. The highest BCUT2D eigenvalue weighted by atomic mass is 16.3. The van der Waals surface area contributed by atoms with Crippen LogP contribution in [0.25, 0.3) is 0 Å². The summed E-state index contributed by atoms with van der Waals surface area (Å²) in [7, 11) is 0. The van der Waals surface area contributed by atoms with Crippen LogP contribution in [0.3, 0.4) is 0 Å². The van der Waals surface area contributed by atoms with Crippen molar-refractivity contribution in [3.63, 3.8) is 0 Å². The van der Waals surface area contributed by atoms with Gasteiger partial charge in [-0.25, -0.2) is 0 Å². The molecule has 1 aliphatic heterocycles. The van der Waals surface area contributed by atoms with Gasteiger partial charge in [0.15, 0.2) is 0 Å². The Morgan fingerprint density at radius 3 is 2.17 bits per heavy atom. The quantitative estimate of drug-likeness (QED) is 0.808. The van der Waals surface area contributed by atoms with E-state index in [-0.39, 0.29) is 5.41 Å². The second-order valence-electron chi connectivity index (χ2n) is 6.42. The molecule has 18 heavy (non-hydrogen) atoms. The minimum atomic E-state index is -0.494. The van der Waals surface area contributed by atoms with Gasteiger partial charge in [0.1, 0.15) is 0 Å². The van der Waals surface area contributed by atoms with Crippen LogP contribution in [0.4, 0.5) is 0 Å². The lowest BCUT2D eigenvalue weighted by Gasteiger charge is -2.52. The summed E-state index contributed by atoms with van der Waals surface area (Å²) in [6.07, 6.45) is 9.13. The Labute approximate surface area is 112 Å². The predicted molar refractivity (Wildman–Crippen MR) is 75.5 cm³/mol. The Bertz CT molecular complexity index is 253. The number of aliphatic hydroxyl groups is 1. The fourth-order valence-corrected chi connectivity index (χ4v) is 4.08. The number of hydrogen-bond donors (Lipinski definition) is 2. The van der Waals surface area contributed by atoms with Crippen LogP contribution in [0.5, 0.6) is 0 Å². The topological polar surface area (TPSA) is 49.5 Å². The Balaban J connectivity index is 2.02. The van der Waals surface area contributed by atoms with Crippen LogP contribution in [-0.4, -0.2) is 41.8 Å². The van der Waals surface area contributed by atoms with Crippen molar-refractivity contribution in [2.45, 2.75) is 63.9 Å². The van der Waals surface area contributed by atoms with Crippen LogP contribution in [0.2, 0.25) is 0 Å². The maximum absolute atomic E-state index is 11.1. The lowest BCUT2D eigenvalue weighted by Crippen LogP contribution is -2.58. The SMILES string of the molecule is CCCN1CCC(O)(C2(CN)CCCCC2)CC1. The highest BCUT2D eigenvalue weighted by Gasteiger charge is 2.50. The van der Waals surface area contributed by atoms with E-state index >= 15 is 0 Å². The summed E-state index contributed by atoms with van der Waals surface area (Å²) in [5.74, 6) is 0. The number of nitrogens with two attached hydrogens (primary N) is 1. The molecule has 3 heteroatoms. The lowest BCUT2D eigenvalue weighted by atomic mass is 9.60. The molecular weight excluding hydrogens is 224 g/mol. The first-order valence-electron chi connectivity index (χ1n) is 7.81. The third-order valence-electron chi connectivity index (χ3n) is 5.41. The largest absolute Gasteiger partial charge is 0.389 e. The van der Waals surface area contributed by atoms with Gasteiger partial charge < -0.3 is 15.7 Å². The summed E-state index contributed by atoms with van der Waals surface area (Å²) in [4.78, 5) is 2.49. The minimum absolute atomic E-state index is 0.0174. The van der Waals surface area contributed by atoms with E-state index in [0.29, 0.717) is 6.54 Å². The summed E-state index contributed by atoms with van der Waals surface area (Å²) in [5, 5.41) is 11.1. The molecule has 0 radical (unpaired) electrons. The van der Waals surface area contributed by atoms with Crippen molar-refractivity contribution in [3.05, 3.63) is 0 Å². The third kappa shape index (κ3) is 2.59. The zero-order chi connectivity index (χ0) is 13.1. The van der Waals surface area contributed by atoms with Gasteiger partial charge in [0.05, 0.1) is 5.60 Å². The zero-order valence-electron chi connectivity index (χ0n) is 12.0. The highest BCUT2D eigenvalue weighted by Crippen LogP contribution is 2.48. The van der Waals surface area contributed by atoms with Crippen molar-refractivity contribution in [3.8, 4) is 0 Å². The number of nitrogens with zero attached hydrogens (tertiary/aromatic N) is 1. The number of likely N-dealkylation sites (tertiary alicyclic amines) is 1. The van der Waals surface area contributed by atoms with Crippen molar-refractivity contribution in [1.29, 1.82) is 0 Å². The van der Waals surface area contributed by atoms with Crippen LogP contribution >= 0.6 is 0 Å². The van der Waals surface area contributed by atoms with Crippen molar-refractivity contribution in [2.24, 2.45) is 11.1 Å². The maximum Gasteiger partial charge on any atom is 0.0740 e. The average Bonchev–Trinajstić information content (AvgIpc) is 2.42. The van der Waals surface area contributed by atoms with Gasteiger partial charge in [-0.05, 0) is 38.6 Å². The van der Waals surface area contributed by atoms with E-state index in [0.717, 1.165) is 38.8 Å². The van der Waals surface area contributed by atoms with E-state index in [1.165, 1.54) is 32.2 Å². The Morgan fingerprint density at radius 2 is 1.67 bits per heavy atom. The molecule has 0 aromatic carbocycles. The molecule has 1 saturated heterocycles. The molecule has 106 valence electrons. The van der Waals surface area contributed by atoms with Crippen molar-refractivity contribution < 1.29 is 5.11 Å². The van der Waals surface area contributed by atoms with E-state index in [1.807, 2.05) is 0 Å². The number of piperidine rings is 1. The summed E-state index contributed by atoms with van der Waals surface area (Å²) in [6, 6.07) is 0. The smallest absolute Gasteiger partial charge is 0.0740 e. The van der Waals surface area contributed by atoms with Crippen LogP contribution in [0.15, 0.2) is 0 Å². The Morgan fingerprint density at radius 1 is 1.06 bits per heavy atom. The molecule has 3 N–H and O–H groups in total. The lowest BCUT2D eigenvalue weighted by molar-refractivity contribution is -0.132. The van der Waals surface area contributed by atoms with Crippen molar-refractivity contribution >= 4 is 0 Å². The fourth-order valence-electron chi connectivity index (χ4n) is 4.08. The molecule has 3 nitrogen and oxygen atoms in total. The fraction of sp³-hybridized carbons (Fsp3) is 1.00. The molecule has 1 heterocycles. The molecular formula is C15H30N2O. The van der Waals surface area contributed by atoms with E-state index in [1.54, 1.807) is 0 Å². The van der Waals surface area contributed by atoms with Gasteiger partial charge in [-0.15, -0.1) is 0 Å². The molecule has 0 spiro atoms. The predicted octanol–water partition coefficient (Wildman–Crippen LogP) is 2.13. The molecule has 0 atom stereocenters. The first-order valence-corrected chi connectivity index (χ1v) is 7.81. The molecule has 2 rings (SSSR count). The summed E-state index contributed by atoms with van der Waals surface area (Å²) < 4.78 is 0. The van der Waals surface area contributed by atoms with Gasteiger partial charge in [0, 0.05) is 25.0 Å². The molecule has 2 fully saturated rings. The van der Waals surface area contributed by atoms with Gasteiger partial charge in [0.2, 0.25) is 0 Å². The summed E-state index contributed by atoms with van der Waals surface area (Å²) in [5.41, 5.74) is 5.60. The van der Waals surface area contributed by atoms with Gasteiger partial charge in [-0.3, -0.25) is 0 Å². The van der Waals surface area contributed by atoms with Gasteiger partial charge in [-0.2, -0.15) is 0 Å². The summed E-state index contributed by atoms with van der Waals surface area (Å²) in [6.45, 7) is 6.16. The first kappa shape index (κ1) is 14.3. The highest BCUT2D eigenvalue weighted by molar-refractivity contribution is 5.03. The average molecular weight is 254 g/mol. The van der Waals surface area contributed by atoms with Gasteiger partial charge >= 0.3 is 0 Å². The van der Waals surface area contributed by atoms with E-state index in [9.17, 15) is 5.11 Å². The molecule has 2 aliphatic rings. The maximum atomic E-state index is 11.1. The Hall–Kier alpha value is -0.120.